The highest BCUT2D eigenvalue weighted by atomic mass is 17.5. The molecule has 0 radical (unpaired) electrons. The van der Waals surface area contributed by atoms with Crippen molar-refractivity contribution in [2.75, 3.05) is 13.2 Å². The second-order valence-corrected chi connectivity index (χ2v) is 4.13. The largest absolute Gasteiger partial charge is 0.205 e. The lowest BCUT2D eigenvalue weighted by molar-refractivity contribution is -0.555. The fraction of sp³-hybridized carbons (Fsp3) is 1.00. The van der Waals surface area contributed by atoms with E-state index in [1.165, 1.54) is 0 Å². The highest BCUT2D eigenvalue weighted by Crippen LogP contribution is 2.38. The number of rotatable bonds is 2. The Morgan fingerprint density at radius 3 is 1.58 bits per heavy atom. The van der Waals surface area contributed by atoms with Crippen molar-refractivity contribution in [3.05, 3.63) is 0 Å². The van der Waals surface area contributed by atoms with Gasteiger partial charge in [-0.2, -0.15) is 0 Å². The van der Waals surface area contributed by atoms with Gasteiger partial charge >= 0.3 is 0 Å². The van der Waals surface area contributed by atoms with Crippen LogP contribution in [-0.4, -0.2) is 13.2 Å². The molecule has 3 nitrogen and oxygen atoms in total. The first kappa shape index (κ1) is 9.96. The van der Waals surface area contributed by atoms with E-state index in [4.69, 9.17) is 9.78 Å². The van der Waals surface area contributed by atoms with Gasteiger partial charge < -0.3 is 0 Å². The molecular formula is C9H18O3. The molecule has 1 aliphatic rings. The maximum atomic E-state index is 4.89. The van der Waals surface area contributed by atoms with Crippen LogP contribution in [0.25, 0.3) is 0 Å². The van der Waals surface area contributed by atoms with Gasteiger partial charge in [0.25, 0.3) is 0 Å². The van der Waals surface area contributed by atoms with Crippen LogP contribution in [-0.2, 0) is 14.8 Å². The van der Waals surface area contributed by atoms with Gasteiger partial charge in [0.1, 0.15) is 0 Å². The molecule has 0 bridgehead atoms. The molecule has 12 heavy (non-hydrogen) atoms. The van der Waals surface area contributed by atoms with Gasteiger partial charge in [-0.3, -0.25) is 0 Å². The summed E-state index contributed by atoms with van der Waals surface area (Å²) in [6, 6.07) is 0. The minimum Gasteiger partial charge on any atom is -0.205 e. The molecule has 0 aliphatic carbocycles. The first-order chi connectivity index (χ1) is 5.59. The average molecular weight is 174 g/mol. The average Bonchev–Trinajstić information content (AvgIpc) is 2.05. The fourth-order valence-corrected chi connectivity index (χ4v) is 1.68. The van der Waals surface area contributed by atoms with Crippen LogP contribution in [0.2, 0.25) is 0 Å². The monoisotopic (exact) mass is 174 g/mol. The molecule has 0 aromatic heterocycles. The Balaban J connectivity index is 2.70. The maximum Gasteiger partial charge on any atom is 0.0938 e. The van der Waals surface area contributed by atoms with Gasteiger partial charge in [-0.1, -0.05) is 32.7 Å². The van der Waals surface area contributed by atoms with Gasteiger partial charge in [0.2, 0.25) is 0 Å². The number of hydrogen-bond acceptors (Lipinski definition) is 3. The van der Waals surface area contributed by atoms with E-state index in [1.54, 1.807) is 0 Å². The first-order valence-corrected chi connectivity index (χ1v) is 4.50. The van der Waals surface area contributed by atoms with Crippen molar-refractivity contribution in [1.82, 2.24) is 0 Å². The summed E-state index contributed by atoms with van der Waals surface area (Å²) in [6.07, 6.45) is 0. The Kier molecular flexibility index (Phi) is 3.09. The van der Waals surface area contributed by atoms with Gasteiger partial charge in [0, 0.05) is 5.41 Å². The zero-order valence-electron chi connectivity index (χ0n) is 8.29. The maximum absolute atomic E-state index is 4.89. The van der Waals surface area contributed by atoms with E-state index in [0.717, 1.165) is 0 Å². The molecule has 1 rings (SSSR count). The standard InChI is InChI=1S/C9H18O3/c1-7(2)9(8(3)4)5-10-12-11-6-9/h7-8H,5-6H2,1-4H3. The van der Waals surface area contributed by atoms with Crippen molar-refractivity contribution >= 4 is 0 Å². The van der Waals surface area contributed by atoms with Crippen LogP contribution in [0.1, 0.15) is 27.7 Å². The Bertz CT molecular complexity index is 127. The van der Waals surface area contributed by atoms with Gasteiger partial charge in [-0.25, -0.2) is 9.78 Å². The van der Waals surface area contributed by atoms with Crippen LogP contribution in [0.4, 0.5) is 0 Å². The Hall–Kier alpha value is -0.120. The van der Waals surface area contributed by atoms with Crippen molar-refractivity contribution in [2.45, 2.75) is 27.7 Å². The highest BCUT2D eigenvalue weighted by molar-refractivity contribution is 4.85. The Labute approximate surface area is 73.9 Å². The summed E-state index contributed by atoms with van der Waals surface area (Å²) in [4.78, 5) is 9.77. The molecule has 72 valence electrons. The predicted molar refractivity (Wildman–Crippen MR) is 45.1 cm³/mol. The van der Waals surface area contributed by atoms with E-state index < -0.39 is 0 Å². The summed E-state index contributed by atoms with van der Waals surface area (Å²) < 4.78 is 0. The minimum atomic E-state index is 0.109. The van der Waals surface area contributed by atoms with Crippen LogP contribution in [0, 0.1) is 17.3 Å². The SMILES string of the molecule is CC(C)C1(C(C)C)COOOC1. The van der Waals surface area contributed by atoms with Crippen molar-refractivity contribution < 1.29 is 14.8 Å². The normalized spacial score (nSPS) is 23.5. The van der Waals surface area contributed by atoms with Crippen LogP contribution >= 0.6 is 0 Å². The predicted octanol–water partition coefficient (Wildman–Crippen LogP) is 2.18. The minimum absolute atomic E-state index is 0.109. The molecule has 3 heteroatoms. The second-order valence-electron chi connectivity index (χ2n) is 4.13. The van der Waals surface area contributed by atoms with E-state index in [-0.39, 0.29) is 5.41 Å². The van der Waals surface area contributed by atoms with Crippen LogP contribution in [0.5, 0.6) is 0 Å². The van der Waals surface area contributed by atoms with Gasteiger partial charge in [-0.05, 0) is 11.8 Å². The molecule has 0 saturated carbocycles. The van der Waals surface area contributed by atoms with Crippen molar-refractivity contribution in [3.8, 4) is 0 Å². The molecule has 1 fully saturated rings. The Morgan fingerprint density at radius 2 is 1.33 bits per heavy atom. The molecule has 1 saturated heterocycles. The molecule has 0 atom stereocenters. The van der Waals surface area contributed by atoms with Crippen molar-refractivity contribution in [2.24, 2.45) is 17.3 Å². The summed E-state index contributed by atoms with van der Waals surface area (Å²) in [5.41, 5.74) is 0.109. The van der Waals surface area contributed by atoms with Gasteiger partial charge in [-0.15, -0.1) is 0 Å². The Morgan fingerprint density at radius 1 is 0.917 bits per heavy atom. The molecule has 0 N–H and O–H groups in total. The lowest BCUT2D eigenvalue weighted by atomic mass is 9.70. The highest BCUT2D eigenvalue weighted by Gasteiger charge is 2.41. The fourth-order valence-electron chi connectivity index (χ4n) is 1.68. The quantitative estimate of drug-likeness (QED) is 0.600. The third-order valence-electron chi connectivity index (χ3n) is 3.05. The van der Waals surface area contributed by atoms with Gasteiger partial charge in [0.15, 0.2) is 0 Å². The summed E-state index contributed by atoms with van der Waals surface area (Å²) in [7, 11) is 0. The summed E-state index contributed by atoms with van der Waals surface area (Å²) in [6.45, 7) is 10.0. The van der Waals surface area contributed by atoms with E-state index in [1.807, 2.05) is 0 Å². The van der Waals surface area contributed by atoms with Crippen molar-refractivity contribution in [3.63, 3.8) is 0 Å². The molecule has 0 amide bonds. The lowest BCUT2D eigenvalue weighted by Gasteiger charge is -2.41. The van der Waals surface area contributed by atoms with Crippen LogP contribution in [0.3, 0.4) is 0 Å². The molecule has 0 spiro atoms. The van der Waals surface area contributed by atoms with E-state index in [9.17, 15) is 0 Å². The molecule has 1 heterocycles. The third-order valence-corrected chi connectivity index (χ3v) is 3.05. The lowest BCUT2D eigenvalue weighted by Crippen LogP contribution is -2.45. The summed E-state index contributed by atoms with van der Waals surface area (Å²) >= 11 is 0. The van der Waals surface area contributed by atoms with Crippen LogP contribution < -0.4 is 0 Å². The first-order valence-electron chi connectivity index (χ1n) is 4.50. The summed E-state index contributed by atoms with van der Waals surface area (Å²) in [5, 5.41) is 4.43. The van der Waals surface area contributed by atoms with E-state index in [0.29, 0.717) is 25.0 Å². The third kappa shape index (κ3) is 1.63. The molecule has 0 aromatic rings. The smallest absolute Gasteiger partial charge is 0.0938 e. The molecular weight excluding hydrogens is 156 g/mol. The molecule has 0 aromatic carbocycles. The zero-order chi connectivity index (χ0) is 9.19. The molecule has 1 aliphatic heterocycles. The number of hydrogen-bond donors (Lipinski definition) is 0. The zero-order valence-corrected chi connectivity index (χ0v) is 8.29. The van der Waals surface area contributed by atoms with E-state index >= 15 is 0 Å². The van der Waals surface area contributed by atoms with Gasteiger partial charge in [0.05, 0.1) is 13.2 Å². The van der Waals surface area contributed by atoms with E-state index in [2.05, 4.69) is 32.7 Å². The second kappa shape index (κ2) is 3.73. The van der Waals surface area contributed by atoms with Crippen molar-refractivity contribution in [1.29, 1.82) is 0 Å². The molecule has 0 unspecified atom stereocenters. The van der Waals surface area contributed by atoms with Crippen LogP contribution in [0.15, 0.2) is 0 Å². The summed E-state index contributed by atoms with van der Waals surface area (Å²) in [5.74, 6) is 1.09. The topological polar surface area (TPSA) is 27.7 Å².